The Morgan fingerprint density at radius 1 is 1.31 bits per heavy atom. The first kappa shape index (κ1) is 19.2. The molecule has 8 heteroatoms. The number of benzene rings is 1. The Kier molecular flexibility index (Phi) is 5.78. The largest absolute Gasteiger partial charge is 0.365 e. The minimum absolute atomic E-state index is 0.0752. The number of nitrogens with one attached hydrogen (secondary N) is 3. The first-order valence-corrected chi connectivity index (χ1v) is 8.12. The third-order valence-electron chi connectivity index (χ3n) is 3.79. The lowest BCUT2D eigenvalue weighted by Gasteiger charge is -2.18. The van der Waals surface area contributed by atoms with E-state index in [0.29, 0.717) is 5.69 Å². The molecule has 1 aromatic heterocycles. The van der Waals surface area contributed by atoms with Crippen molar-refractivity contribution in [2.75, 3.05) is 17.2 Å². The molecule has 1 aromatic carbocycles. The highest BCUT2D eigenvalue weighted by atomic mass is 16.2. The van der Waals surface area contributed by atoms with Crippen LogP contribution in [0.3, 0.4) is 0 Å². The van der Waals surface area contributed by atoms with Gasteiger partial charge in [-0.1, -0.05) is 18.2 Å². The van der Waals surface area contributed by atoms with Crippen molar-refractivity contribution in [3.8, 4) is 0 Å². The van der Waals surface area contributed by atoms with E-state index in [9.17, 15) is 9.59 Å². The Bertz CT molecular complexity index is 883. The zero-order chi connectivity index (χ0) is 19.4. The molecule has 0 saturated heterocycles. The molecule has 7 N–H and O–H groups in total. The maximum atomic E-state index is 12.3. The molecule has 1 heterocycles. The zero-order valence-electron chi connectivity index (χ0n) is 15.1. The van der Waals surface area contributed by atoms with Gasteiger partial charge in [0.2, 0.25) is 5.95 Å². The van der Waals surface area contributed by atoms with Crippen LogP contribution < -0.4 is 27.7 Å². The molecule has 1 amide bonds. The van der Waals surface area contributed by atoms with Crippen molar-refractivity contribution in [2.24, 2.45) is 11.5 Å². The maximum absolute atomic E-state index is 12.3. The molecule has 26 heavy (non-hydrogen) atoms. The molecule has 0 radical (unpaired) electrons. The van der Waals surface area contributed by atoms with Crippen LogP contribution in [0, 0.1) is 13.8 Å². The first-order chi connectivity index (χ1) is 12.2. The van der Waals surface area contributed by atoms with Gasteiger partial charge in [0.1, 0.15) is 5.56 Å². The molecule has 2 aromatic rings. The second-order valence-electron chi connectivity index (χ2n) is 6.28. The van der Waals surface area contributed by atoms with Crippen molar-refractivity contribution in [1.82, 2.24) is 9.97 Å². The van der Waals surface area contributed by atoms with Gasteiger partial charge in [0.25, 0.3) is 11.5 Å². The summed E-state index contributed by atoms with van der Waals surface area (Å²) in [5.74, 6) is -0.621. The lowest BCUT2D eigenvalue weighted by Crippen LogP contribution is -2.33. The van der Waals surface area contributed by atoms with Gasteiger partial charge in [-0.15, -0.1) is 0 Å². The van der Waals surface area contributed by atoms with E-state index in [1.54, 1.807) is 0 Å². The van der Waals surface area contributed by atoms with Crippen LogP contribution in [0.25, 0.3) is 0 Å². The van der Waals surface area contributed by atoms with Gasteiger partial charge in [-0.3, -0.25) is 14.6 Å². The number of amides is 1. The molecule has 1 unspecified atom stereocenters. The van der Waals surface area contributed by atoms with Crippen molar-refractivity contribution in [3.05, 3.63) is 57.4 Å². The highest BCUT2D eigenvalue weighted by molar-refractivity contribution is 5.98. The number of aromatic nitrogens is 2. The van der Waals surface area contributed by atoms with Gasteiger partial charge < -0.3 is 22.1 Å². The summed E-state index contributed by atoms with van der Waals surface area (Å²) in [6.07, 6.45) is 0. The molecule has 0 aliphatic rings. The number of aromatic amines is 1. The number of rotatable bonds is 7. The van der Waals surface area contributed by atoms with Gasteiger partial charge in [0, 0.05) is 12.2 Å². The van der Waals surface area contributed by atoms with Gasteiger partial charge in [0.05, 0.1) is 6.04 Å². The van der Waals surface area contributed by atoms with E-state index < -0.39 is 11.5 Å². The van der Waals surface area contributed by atoms with Gasteiger partial charge in [-0.25, -0.2) is 0 Å². The van der Waals surface area contributed by atoms with Gasteiger partial charge >= 0.3 is 0 Å². The van der Waals surface area contributed by atoms with Crippen LogP contribution >= 0.6 is 0 Å². The van der Waals surface area contributed by atoms with Crippen molar-refractivity contribution >= 4 is 23.4 Å². The summed E-state index contributed by atoms with van der Waals surface area (Å²) in [6, 6.07) is 5.50. The van der Waals surface area contributed by atoms with Crippen LogP contribution in [0.4, 0.5) is 17.5 Å². The van der Waals surface area contributed by atoms with Gasteiger partial charge in [-0.05, 0) is 44.0 Å². The highest BCUT2D eigenvalue weighted by Crippen LogP contribution is 2.20. The fraction of sp³-hybridized carbons (Fsp3) is 0.278. The number of anilines is 3. The second-order valence-corrected chi connectivity index (χ2v) is 6.28. The van der Waals surface area contributed by atoms with E-state index in [2.05, 4.69) is 27.2 Å². The van der Waals surface area contributed by atoms with Crippen LogP contribution in [-0.2, 0) is 0 Å². The molecule has 0 spiro atoms. The van der Waals surface area contributed by atoms with Crippen molar-refractivity contribution in [1.29, 1.82) is 0 Å². The Morgan fingerprint density at radius 3 is 2.42 bits per heavy atom. The number of carbonyl (C=O) groups is 1. The van der Waals surface area contributed by atoms with E-state index in [4.69, 9.17) is 11.5 Å². The molecule has 0 fully saturated rings. The second kappa shape index (κ2) is 7.83. The van der Waals surface area contributed by atoms with Crippen LogP contribution in [0.15, 0.2) is 35.1 Å². The SMILES string of the molecule is C=C(C)C(CN)Nc1nc(Nc2cc(C)cc(C)c2)c(C(N)=O)c(=O)[nH]1. The van der Waals surface area contributed by atoms with Crippen molar-refractivity contribution in [2.45, 2.75) is 26.8 Å². The monoisotopic (exact) mass is 356 g/mol. The van der Waals surface area contributed by atoms with Gasteiger partial charge in [0.15, 0.2) is 5.82 Å². The average molecular weight is 356 g/mol. The molecule has 1 atom stereocenters. The number of nitrogens with two attached hydrogens (primary N) is 2. The Balaban J connectivity index is 2.49. The summed E-state index contributed by atoms with van der Waals surface area (Å²) < 4.78 is 0. The number of hydrogen-bond donors (Lipinski definition) is 5. The molecule has 2 rings (SSSR count). The topological polar surface area (TPSA) is 139 Å². The summed E-state index contributed by atoms with van der Waals surface area (Å²) in [4.78, 5) is 30.9. The minimum Gasteiger partial charge on any atom is -0.365 e. The highest BCUT2D eigenvalue weighted by Gasteiger charge is 2.18. The fourth-order valence-corrected chi connectivity index (χ4v) is 2.59. The van der Waals surface area contributed by atoms with Gasteiger partial charge in [-0.2, -0.15) is 4.98 Å². The summed E-state index contributed by atoms with van der Waals surface area (Å²) in [7, 11) is 0. The smallest absolute Gasteiger partial charge is 0.267 e. The van der Waals surface area contributed by atoms with Crippen molar-refractivity contribution < 1.29 is 4.79 Å². The first-order valence-electron chi connectivity index (χ1n) is 8.12. The molecular weight excluding hydrogens is 332 g/mol. The Morgan fingerprint density at radius 2 is 1.92 bits per heavy atom. The van der Waals surface area contributed by atoms with Crippen LogP contribution in [0.1, 0.15) is 28.4 Å². The molecule has 0 saturated carbocycles. The number of nitrogens with zero attached hydrogens (tertiary/aromatic N) is 1. The molecule has 0 bridgehead atoms. The fourth-order valence-electron chi connectivity index (χ4n) is 2.59. The van der Waals surface area contributed by atoms with E-state index in [-0.39, 0.29) is 29.9 Å². The number of primary amides is 1. The normalized spacial score (nSPS) is 11.7. The summed E-state index contributed by atoms with van der Waals surface area (Å²) in [5, 5.41) is 6.01. The van der Waals surface area contributed by atoms with E-state index in [0.717, 1.165) is 16.7 Å². The molecule has 0 aliphatic carbocycles. The van der Waals surface area contributed by atoms with Crippen LogP contribution in [0.2, 0.25) is 0 Å². The molecular formula is C18H24N6O2. The predicted octanol–water partition coefficient (Wildman–Crippen LogP) is 1.54. The Labute approximate surface area is 151 Å². The summed E-state index contributed by atoms with van der Waals surface area (Å²) in [5.41, 5.74) is 13.7. The minimum atomic E-state index is -0.868. The van der Waals surface area contributed by atoms with E-state index >= 15 is 0 Å². The third-order valence-corrected chi connectivity index (χ3v) is 3.79. The van der Waals surface area contributed by atoms with E-state index in [1.165, 1.54) is 0 Å². The quantitative estimate of drug-likeness (QED) is 0.477. The van der Waals surface area contributed by atoms with Crippen LogP contribution in [0.5, 0.6) is 0 Å². The Hall–Kier alpha value is -3.13. The predicted molar refractivity (Wildman–Crippen MR) is 104 cm³/mol. The lowest BCUT2D eigenvalue weighted by atomic mass is 10.1. The van der Waals surface area contributed by atoms with E-state index in [1.807, 2.05) is 39.0 Å². The maximum Gasteiger partial charge on any atom is 0.267 e. The summed E-state index contributed by atoms with van der Waals surface area (Å²) >= 11 is 0. The van der Waals surface area contributed by atoms with Crippen molar-refractivity contribution in [3.63, 3.8) is 0 Å². The summed E-state index contributed by atoms with van der Waals surface area (Å²) in [6.45, 7) is 9.83. The number of aryl methyl sites for hydroxylation is 2. The third kappa shape index (κ3) is 4.48. The zero-order valence-corrected chi connectivity index (χ0v) is 15.1. The molecule has 138 valence electrons. The molecule has 8 nitrogen and oxygen atoms in total. The molecule has 0 aliphatic heterocycles. The lowest BCUT2D eigenvalue weighted by molar-refractivity contribution is 0.0999. The number of hydrogen-bond acceptors (Lipinski definition) is 6. The average Bonchev–Trinajstić information content (AvgIpc) is 2.50. The number of carbonyl (C=O) groups excluding carboxylic acids is 1. The number of H-pyrrole nitrogens is 1. The van der Waals surface area contributed by atoms with Crippen LogP contribution in [-0.4, -0.2) is 28.5 Å². The standard InChI is InChI=1S/C18H24N6O2/c1-9(2)13(8-19)22-18-23-16(14(15(20)25)17(26)24-18)21-12-6-10(3)5-11(4)7-12/h5-7,13H,1,8,19H2,2-4H3,(H2,20,25)(H3,21,22,23,24,26).